The van der Waals surface area contributed by atoms with Crippen molar-refractivity contribution < 1.29 is 18.7 Å². The molecule has 3 rings (SSSR count). The van der Waals surface area contributed by atoms with Crippen LogP contribution in [0.4, 0.5) is 20.6 Å². The Kier molecular flexibility index (Phi) is 5.86. The van der Waals surface area contributed by atoms with E-state index in [0.29, 0.717) is 22.9 Å². The molecule has 0 aliphatic carbocycles. The quantitative estimate of drug-likeness (QED) is 0.554. The number of benzene rings is 2. The molecular weight excluding hydrogens is 385 g/mol. The number of amides is 2. The third-order valence-electron chi connectivity index (χ3n) is 3.62. The van der Waals surface area contributed by atoms with Crippen molar-refractivity contribution in [2.45, 2.75) is 6.92 Å². The van der Waals surface area contributed by atoms with E-state index in [1.54, 1.807) is 36.4 Å². The third-order valence-corrected chi connectivity index (χ3v) is 3.92. The number of ether oxygens (including phenoxy) is 1. The van der Waals surface area contributed by atoms with Gasteiger partial charge in [0.2, 0.25) is 0 Å². The third kappa shape index (κ3) is 5.05. The summed E-state index contributed by atoms with van der Waals surface area (Å²) in [6.45, 7) is 1.43. The van der Waals surface area contributed by atoms with E-state index in [2.05, 4.69) is 15.6 Å². The Morgan fingerprint density at radius 2 is 1.64 bits per heavy atom. The van der Waals surface area contributed by atoms with Crippen LogP contribution in [0.1, 0.15) is 17.4 Å². The summed E-state index contributed by atoms with van der Waals surface area (Å²) in [5.74, 6) is 0.219. The predicted octanol–water partition coefficient (Wildman–Crippen LogP) is 5.51. The lowest BCUT2D eigenvalue weighted by Gasteiger charge is -2.10. The minimum absolute atomic E-state index is 0.0221. The number of pyridine rings is 1. The number of halogens is 2. The number of hydrogen-bond acceptors (Lipinski definition) is 4. The molecule has 1 aromatic heterocycles. The fourth-order valence-electron chi connectivity index (χ4n) is 2.28. The van der Waals surface area contributed by atoms with Crippen molar-refractivity contribution >= 4 is 34.8 Å². The summed E-state index contributed by atoms with van der Waals surface area (Å²) in [7, 11) is 0. The fourth-order valence-corrected chi connectivity index (χ4v) is 2.39. The van der Waals surface area contributed by atoms with Gasteiger partial charge in [-0.2, -0.15) is 0 Å². The standard InChI is InChI=1S/C20H15ClFN3O3/c1-12(26)19-11-16(8-9-23-19)28-15-5-2-13(3-6-15)24-20(27)25-14-4-7-17(21)18(22)10-14/h2-11H,1H3,(H2,24,25,27). The highest BCUT2D eigenvalue weighted by Gasteiger charge is 2.07. The smallest absolute Gasteiger partial charge is 0.323 e. The maximum Gasteiger partial charge on any atom is 0.323 e. The first kappa shape index (κ1) is 19.3. The second kappa shape index (κ2) is 8.49. The molecule has 2 aromatic carbocycles. The van der Waals surface area contributed by atoms with Crippen molar-refractivity contribution in [1.82, 2.24) is 4.98 Å². The average Bonchev–Trinajstić information content (AvgIpc) is 2.66. The molecule has 6 nitrogen and oxygen atoms in total. The van der Waals surface area contributed by atoms with E-state index in [1.807, 2.05) is 0 Å². The summed E-state index contributed by atoms with van der Waals surface area (Å²) in [6.07, 6.45) is 1.49. The average molecular weight is 400 g/mol. The van der Waals surface area contributed by atoms with E-state index in [-0.39, 0.29) is 16.5 Å². The van der Waals surface area contributed by atoms with Gasteiger partial charge in [-0.25, -0.2) is 9.18 Å². The molecule has 28 heavy (non-hydrogen) atoms. The molecule has 8 heteroatoms. The number of carbonyl (C=O) groups excluding carboxylic acids is 2. The van der Waals surface area contributed by atoms with Gasteiger partial charge in [-0.15, -0.1) is 0 Å². The Balaban J connectivity index is 1.61. The molecule has 2 amide bonds. The topological polar surface area (TPSA) is 80.3 Å². The van der Waals surface area contributed by atoms with Gasteiger partial charge in [0.1, 0.15) is 23.0 Å². The van der Waals surface area contributed by atoms with E-state index in [1.165, 1.54) is 25.3 Å². The largest absolute Gasteiger partial charge is 0.457 e. The Bertz CT molecular complexity index is 1030. The molecule has 2 N–H and O–H groups in total. The lowest BCUT2D eigenvalue weighted by molar-refractivity contribution is 0.101. The van der Waals surface area contributed by atoms with Gasteiger partial charge in [-0.1, -0.05) is 11.6 Å². The summed E-state index contributed by atoms with van der Waals surface area (Å²) in [4.78, 5) is 27.3. The normalized spacial score (nSPS) is 10.2. The first-order chi connectivity index (χ1) is 13.4. The van der Waals surface area contributed by atoms with Gasteiger partial charge < -0.3 is 15.4 Å². The molecule has 3 aromatic rings. The van der Waals surface area contributed by atoms with Crippen LogP contribution in [0.25, 0.3) is 0 Å². The molecule has 1 heterocycles. The van der Waals surface area contributed by atoms with Crippen LogP contribution in [-0.4, -0.2) is 16.8 Å². The van der Waals surface area contributed by atoms with Crippen LogP contribution in [0, 0.1) is 5.82 Å². The highest BCUT2D eigenvalue weighted by Crippen LogP contribution is 2.24. The molecule has 0 saturated carbocycles. The second-order valence-electron chi connectivity index (χ2n) is 5.77. The zero-order valence-electron chi connectivity index (χ0n) is 14.7. The number of hydrogen-bond donors (Lipinski definition) is 2. The van der Waals surface area contributed by atoms with Crippen molar-refractivity contribution in [2.24, 2.45) is 0 Å². The fraction of sp³-hybridized carbons (Fsp3) is 0.0500. The van der Waals surface area contributed by atoms with Crippen molar-refractivity contribution in [3.8, 4) is 11.5 Å². The highest BCUT2D eigenvalue weighted by molar-refractivity contribution is 6.30. The van der Waals surface area contributed by atoms with Gasteiger partial charge >= 0.3 is 6.03 Å². The highest BCUT2D eigenvalue weighted by atomic mass is 35.5. The second-order valence-corrected chi connectivity index (χ2v) is 6.17. The molecule has 0 aliphatic rings. The number of aromatic nitrogens is 1. The lowest BCUT2D eigenvalue weighted by atomic mass is 10.2. The van der Waals surface area contributed by atoms with Gasteiger partial charge in [-0.3, -0.25) is 9.78 Å². The van der Waals surface area contributed by atoms with Crippen LogP contribution < -0.4 is 15.4 Å². The van der Waals surface area contributed by atoms with E-state index in [9.17, 15) is 14.0 Å². The summed E-state index contributed by atoms with van der Waals surface area (Å²) in [6, 6.07) is 13.2. The molecule has 0 unspecified atom stereocenters. The van der Waals surface area contributed by atoms with E-state index < -0.39 is 11.8 Å². The number of nitrogens with one attached hydrogen (secondary N) is 2. The van der Waals surface area contributed by atoms with E-state index in [0.717, 1.165) is 6.07 Å². The maximum absolute atomic E-state index is 13.4. The first-order valence-corrected chi connectivity index (χ1v) is 8.56. The van der Waals surface area contributed by atoms with Crippen molar-refractivity contribution in [3.05, 3.63) is 77.3 Å². The van der Waals surface area contributed by atoms with Gasteiger partial charge in [-0.05, 0) is 48.5 Å². The summed E-state index contributed by atoms with van der Waals surface area (Å²) in [5.41, 5.74) is 1.10. The van der Waals surface area contributed by atoms with Gasteiger partial charge in [0.05, 0.1) is 5.02 Å². The van der Waals surface area contributed by atoms with E-state index >= 15 is 0 Å². The number of urea groups is 1. The van der Waals surface area contributed by atoms with Crippen LogP contribution in [0.2, 0.25) is 5.02 Å². The summed E-state index contributed by atoms with van der Waals surface area (Å²) in [5, 5.41) is 5.11. The van der Waals surface area contributed by atoms with Crippen LogP contribution >= 0.6 is 11.6 Å². The van der Waals surface area contributed by atoms with Crippen LogP contribution in [0.3, 0.4) is 0 Å². The molecule has 0 fully saturated rings. The lowest BCUT2D eigenvalue weighted by Crippen LogP contribution is -2.19. The predicted molar refractivity (Wildman–Crippen MR) is 105 cm³/mol. The summed E-state index contributed by atoms with van der Waals surface area (Å²) < 4.78 is 19.1. The van der Waals surface area contributed by atoms with Crippen LogP contribution in [-0.2, 0) is 0 Å². The Morgan fingerprint density at radius 1 is 0.964 bits per heavy atom. The van der Waals surface area contributed by atoms with Crippen molar-refractivity contribution in [2.75, 3.05) is 10.6 Å². The Labute approximate surface area is 165 Å². The van der Waals surface area contributed by atoms with E-state index in [4.69, 9.17) is 16.3 Å². The maximum atomic E-state index is 13.4. The number of carbonyl (C=O) groups is 2. The Hall–Kier alpha value is -3.45. The number of nitrogens with zero attached hydrogens (tertiary/aromatic N) is 1. The van der Waals surface area contributed by atoms with Gasteiger partial charge in [0, 0.05) is 30.6 Å². The number of rotatable bonds is 5. The molecule has 0 spiro atoms. The van der Waals surface area contributed by atoms with Gasteiger partial charge in [0.15, 0.2) is 5.78 Å². The molecule has 142 valence electrons. The minimum atomic E-state index is -0.620. The first-order valence-electron chi connectivity index (χ1n) is 8.19. The molecular formula is C20H15ClFN3O3. The zero-order valence-corrected chi connectivity index (χ0v) is 15.5. The monoisotopic (exact) mass is 399 g/mol. The van der Waals surface area contributed by atoms with Gasteiger partial charge in [0.25, 0.3) is 0 Å². The van der Waals surface area contributed by atoms with Crippen LogP contribution in [0.15, 0.2) is 60.8 Å². The van der Waals surface area contributed by atoms with Crippen molar-refractivity contribution in [1.29, 1.82) is 0 Å². The Morgan fingerprint density at radius 3 is 2.32 bits per heavy atom. The SMILES string of the molecule is CC(=O)c1cc(Oc2ccc(NC(=O)Nc3ccc(Cl)c(F)c3)cc2)ccn1. The molecule has 0 radical (unpaired) electrons. The minimum Gasteiger partial charge on any atom is -0.457 e. The number of anilines is 2. The molecule has 0 bridgehead atoms. The molecule has 0 atom stereocenters. The molecule has 0 saturated heterocycles. The van der Waals surface area contributed by atoms with Crippen LogP contribution in [0.5, 0.6) is 11.5 Å². The van der Waals surface area contributed by atoms with Crippen molar-refractivity contribution in [3.63, 3.8) is 0 Å². The number of ketones is 1. The summed E-state index contributed by atoms with van der Waals surface area (Å²) >= 11 is 5.61. The molecule has 0 aliphatic heterocycles. The zero-order chi connectivity index (χ0) is 20.1. The number of Topliss-reactive ketones (excluding diaryl/α,β-unsaturated/α-hetero) is 1.